The summed E-state index contributed by atoms with van der Waals surface area (Å²) in [5.41, 5.74) is 1.30. The quantitative estimate of drug-likeness (QED) is 0.408. The van der Waals surface area contributed by atoms with Crippen molar-refractivity contribution in [3.63, 3.8) is 0 Å². The summed E-state index contributed by atoms with van der Waals surface area (Å²) in [6, 6.07) is 13.9. The van der Waals surface area contributed by atoms with Gasteiger partial charge < -0.3 is 9.80 Å². The molecular weight excluding hydrogens is 464 g/mol. The number of piperazine rings is 1. The average molecular weight is 484 g/mol. The van der Waals surface area contributed by atoms with Gasteiger partial charge in [0.05, 0.1) is 5.69 Å². The van der Waals surface area contributed by atoms with Crippen LogP contribution in [0, 0.1) is 12.7 Å². The molecule has 3 heterocycles. The van der Waals surface area contributed by atoms with E-state index >= 15 is 0 Å². The molecule has 4 aromatic rings. The third kappa shape index (κ3) is 4.53. The van der Waals surface area contributed by atoms with E-state index in [2.05, 4.69) is 15.1 Å². The molecule has 0 bridgehead atoms. The fourth-order valence-electron chi connectivity index (χ4n) is 3.99. The highest BCUT2D eigenvalue weighted by Gasteiger charge is 2.36. The molecule has 0 saturated carbocycles. The zero-order valence-corrected chi connectivity index (χ0v) is 18.6. The molecule has 0 unspecified atom stereocenters. The second-order valence-corrected chi connectivity index (χ2v) is 8.29. The van der Waals surface area contributed by atoms with Crippen molar-refractivity contribution in [2.24, 2.45) is 0 Å². The fourth-order valence-corrected chi connectivity index (χ4v) is 3.99. The molecule has 180 valence electrons. The molecule has 1 fully saturated rings. The van der Waals surface area contributed by atoms with E-state index in [1.807, 2.05) is 11.8 Å². The molecule has 1 aliphatic rings. The van der Waals surface area contributed by atoms with Gasteiger partial charge in [-0.15, -0.1) is 5.10 Å². The molecule has 0 spiro atoms. The zero-order valence-electron chi connectivity index (χ0n) is 18.6. The number of aromatic nitrogens is 4. The number of hydrogen-bond acceptors (Lipinski definition) is 5. The van der Waals surface area contributed by atoms with Gasteiger partial charge in [-0.2, -0.15) is 22.7 Å². The Morgan fingerprint density at radius 1 is 0.914 bits per heavy atom. The Bertz CT molecular complexity index is 1370. The Hall–Kier alpha value is -4.02. The standard InChI is InChI=1S/C24H20F4N6O/c1-15-2-4-16(5-3-15)19-14-20(24(26,27)28)34-23(29-19)30-21(31-34)22(35)33-12-10-32(11-13-33)18-8-6-17(25)7-9-18/h2-9,14H,10-13H2,1H3. The van der Waals surface area contributed by atoms with Gasteiger partial charge in [0.1, 0.15) is 5.82 Å². The third-order valence-electron chi connectivity index (χ3n) is 5.90. The number of fused-ring (bicyclic) bond motifs is 1. The van der Waals surface area contributed by atoms with Gasteiger partial charge >= 0.3 is 6.18 Å². The largest absolute Gasteiger partial charge is 0.433 e. The van der Waals surface area contributed by atoms with Crippen molar-refractivity contribution in [2.75, 3.05) is 31.1 Å². The number of benzene rings is 2. The van der Waals surface area contributed by atoms with Crippen LogP contribution in [0.4, 0.5) is 23.2 Å². The van der Waals surface area contributed by atoms with E-state index in [0.717, 1.165) is 17.3 Å². The second-order valence-electron chi connectivity index (χ2n) is 8.29. The number of carbonyl (C=O) groups excluding carboxylic acids is 1. The van der Waals surface area contributed by atoms with Gasteiger partial charge in [0.25, 0.3) is 11.7 Å². The molecule has 35 heavy (non-hydrogen) atoms. The predicted molar refractivity (Wildman–Crippen MR) is 120 cm³/mol. The van der Waals surface area contributed by atoms with Gasteiger partial charge in [-0.05, 0) is 37.3 Å². The van der Waals surface area contributed by atoms with E-state index in [1.54, 1.807) is 36.4 Å². The van der Waals surface area contributed by atoms with Crippen LogP contribution >= 0.6 is 0 Å². The van der Waals surface area contributed by atoms with E-state index in [0.29, 0.717) is 36.3 Å². The van der Waals surface area contributed by atoms with E-state index in [-0.39, 0.29) is 23.1 Å². The summed E-state index contributed by atoms with van der Waals surface area (Å²) in [6.45, 7) is 3.47. The Balaban J connectivity index is 1.42. The molecular formula is C24H20F4N6O. The molecule has 11 heteroatoms. The molecule has 1 saturated heterocycles. The van der Waals surface area contributed by atoms with Gasteiger partial charge in [0.2, 0.25) is 5.82 Å². The minimum Gasteiger partial charge on any atom is -0.368 e. The molecule has 0 aliphatic carbocycles. The van der Waals surface area contributed by atoms with Gasteiger partial charge in [-0.3, -0.25) is 4.79 Å². The Kier molecular flexibility index (Phi) is 5.62. The second kappa shape index (κ2) is 8.64. The number of amides is 1. The average Bonchev–Trinajstić information content (AvgIpc) is 3.27. The highest BCUT2D eigenvalue weighted by molar-refractivity contribution is 5.91. The van der Waals surface area contributed by atoms with Crippen molar-refractivity contribution in [3.05, 3.63) is 77.5 Å². The first-order chi connectivity index (χ1) is 16.7. The number of rotatable bonds is 3. The van der Waals surface area contributed by atoms with Crippen molar-refractivity contribution >= 4 is 17.4 Å². The maximum absolute atomic E-state index is 13.8. The van der Waals surface area contributed by atoms with Crippen molar-refractivity contribution in [2.45, 2.75) is 13.1 Å². The van der Waals surface area contributed by atoms with Gasteiger partial charge in [0, 0.05) is 37.4 Å². The number of alkyl halides is 3. The van der Waals surface area contributed by atoms with Crippen LogP contribution in [0.5, 0.6) is 0 Å². The summed E-state index contributed by atoms with van der Waals surface area (Å²) in [6.07, 6.45) is -4.73. The van der Waals surface area contributed by atoms with Gasteiger partial charge in [0.15, 0.2) is 5.69 Å². The number of halogens is 4. The number of carbonyl (C=O) groups is 1. The lowest BCUT2D eigenvalue weighted by Crippen LogP contribution is -2.49. The lowest BCUT2D eigenvalue weighted by Gasteiger charge is -2.35. The van der Waals surface area contributed by atoms with Crippen LogP contribution in [-0.4, -0.2) is 56.6 Å². The number of nitrogens with zero attached hydrogens (tertiary/aromatic N) is 6. The van der Waals surface area contributed by atoms with Crippen LogP contribution in [-0.2, 0) is 6.18 Å². The van der Waals surface area contributed by atoms with Crippen LogP contribution in [0.25, 0.3) is 17.0 Å². The molecule has 2 aromatic heterocycles. The molecule has 0 N–H and O–H groups in total. The van der Waals surface area contributed by atoms with E-state index in [9.17, 15) is 22.4 Å². The van der Waals surface area contributed by atoms with Gasteiger partial charge in [-0.25, -0.2) is 9.37 Å². The monoisotopic (exact) mass is 484 g/mol. The summed E-state index contributed by atoms with van der Waals surface area (Å²) in [7, 11) is 0. The first kappa shape index (κ1) is 22.8. The zero-order chi connectivity index (χ0) is 24.7. The van der Waals surface area contributed by atoms with Crippen molar-refractivity contribution in [3.8, 4) is 11.3 Å². The van der Waals surface area contributed by atoms with Crippen LogP contribution in [0.1, 0.15) is 21.9 Å². The van der Waals surface area contributed by atoms with Crippen molar-refractivity contribution in [1.29, 1.82) is 0 Å². The lowest BCUT2D eigenvalue weighted by molar-refractivity contribution is -0.142. The maximum atomic E-state index is 13.8. The minimum atomic E-state index is -4.73. The molecule has 1 amide bonds. The topological polar surface area (TPSA) is 66.6 Å². The Morgan fingerprint density at radius 3 is 2.20 bits per heavy atom. The summed E-state index contributed by atoms with van der Waals surface area (Å²) >= 11 is 0. The van der Waals surface area contributed by atoms with Crippen molar-refractivity contribution in [1.82, 2.24) is 24.5 Å². The van der Waals surface area contributed by atoms with E-state index < -0.39 is 17.8 Å². The predicted octanol–water partition coefficient (Wildman–Crippen LogP) is 4.22. The van der Waals surface area contributed by atoms with Gasteiger partial charge in [-0.1, -0.05) is 29.8 Å². The smallest absolute Gasteiger partial charge is 0.368 e. The summed E-state index contributed by atoms with van der Waals surface area (Å²) in [5.74, 6) is -1.56. The highest BCUT2D eigenvalue weighted by atomic mass is 19.4. The van der Waals surface area contributed by atoms with Crippen LogP contribution in [0.15, 0.2) is 54.6 Å². The van der Waals surface area contributed by atoms with E-state index in [4.69, 9.17) is 0 Å². The molecule has 7 nitrogen and oxygen atoms in total. The summed E-state index contributed by atoms with van der Waals surface area (Å²) < 4.78 is 55.2. The normalized spacial score (nSPS) is 14.5. The SMILES string of the molecule is Cc1ccc(-c2cc(C(F)(F)F)n3nc(C(=O)N4CCN(c5ccc(F)cc5)CC4)nc3n2)cc1. The molecule has 2 aromatic carbocycles. The minimum absolute atomic E-state index is 0.0872. The fraction of sp³-hybridized carbons (Fsp3) is 0.250. The summed E-state index contributed by atoms with van der Waals surface area (Å²) in [4.78, 5) is 24.8. The van der Waals surface area contributed by atoms with Crippen LogP contribution in [0.2, 0.25) is 0 Å². The van der Waals surface area contributed by atoms with Crippen LogP contribution in [0.3, 0.4) is 0 Å². The first-order valence-electron chi connectivity index (χ1n) is 10.9. The summed E-state index contributed by atoms with van der Waals surface area (Å²) in [5, 5.41) is 3.87. The number of anilines is 1. The molecule has 0 atom stereocenters. The number of hydrogen-bond donors (Lipinski definition) is 0. The lowest BCUT2D eigenvalue weighted by atomic mass is 10.1. The molecule has 0 radical (unpaired) electrons. The highest BCUT2D eigenvalue weighted by Crippen LogP contribution is 2.32. The Labute approximate surface area is 197 Å². The van der Waals surface area contributed by atoms with Crippen molar-refractivity contribution < 1.29 is 22.4 Å². The van der Waals surface area contributed by atoms with Crippen LogP contribution < -0.4 is 4.90 Å². The third-order valence-corrected chi connectivity index (χ3v) is 5.90. The molecule has 1 aliphatic heterocycles. The van der Waals surface area contributed by atoms with E-state index in [1.165, 1.54) is 17.0 Å². The first-order valence-corrected chi connectivity index (χ1v) is 10.9. The Morgan fingerprint density at radius 2 is 1.57 bits per heavy atom. The number of aryl methyl sites for hydroxylation is 1. The molecule has 5 rings (SSSR count). The maximum Gasteiger partial charge on any atom is 0.433 e.